The van der Waals surface area contributed by atoms with Gasteiger partial charge in [-0.1, -0.05) is 6.07 Å². The molecule has 0 radical (unpaired) electrons. The molecule has 4 aromatic rings. The molecule has 8 nitrogen and oxygen atoms in total. The van der Waals surface area contributed by atoms with Gasteiger partial charge in [-0.15, -0.1) is 0 Å². The highest BCUT2D eigenvalue weighted by molar-refractivity contribution is 6.03. The average Bonchev–Trinajstić information content (AvgIpc) is 3.35. The number of fused-ring (bicyclic) bond motifs is 1. The summed E-state index contributed by atoms with van der Waals surface area (Å²) in [5, 5.41) is 14.8. The van der Waals surface area contributed by atoms with Crippen LogP contribution in [0.5, 0.6) is 5.88 Å². The Balaban J connectivity index is 1.49. The monoisotopic (exact) mass is 415 g/mol. The molecule has 0 unspecified atom stereocenters. The molecule has 1 saturated heterocycles. The summed E-state index contributed by atoms with van der Waals surface area (Å²) in [5.74, 6) is 0.693. The Morgan fingerprint density at radius 1 is 1.10 bits per heavy atom. The van der Waals surface area contributed by atoms with Crippen LogP contribution in [0.4, 0.5) is 11.5 Å². The molecule has 31 heavy (non-hydrogen) atoms. The number of aromatic amines is 1. The standard InChI is InChI=1S/C23H21N5O3/c29-22-18-3-1-15(16-5-10-31-14-16)11-19(18)20(23(30)27-22)13-25-17-2-4-21(26-12-17)28-8-6-24-7-9-28/h1-5,10-14,24H,6-9H2,(H2,27,29,30). The second-order valence-electron chi connectivity index (χ2n) is 7.36. The molecule has 3 N–H and O–H groups in total. The number of furan rings is 1. The van der Waals surface area contributed by atoms with E-state index in [0.717, 1.165) is 43.1 Å². The summed E-state index contributed by atoms with van der Waals surface area (Å²) in [6, 6.07) is 11.1. The molecule has 0 atom stereocenters. The molecule has 1 fully saturated rings. The fourth-order valence-corrected chi connectivity index (χ4v) is 3.75. The van der Waals surface area contributed by atoms with E-state index >= 15 is 0 Å². The molecule has 5 rings (SSSR count). The van der Waals surface area contributed by atoms with E-state index in [1.807, 2.05) is 30.3 Å². The summed E-state index contributed by atoms with van der Waals surface area (Å²) in [7, 11) is 0. The first-order valence-electron chi connectivity index (χ1n) is 10.1. The molecular weight excluding hydrogens is 394 g/mol. The number of benzene rings is 1. The number of nitrogens with one attached hydrogen (secondary N) is 2. The van der Waals surface area contributed by atoms with Crippen molar-refractivity contribution in [2.24, 2.45) is 4.99 Å². The van der Waals surface area contributed by atoms with Crippen LogP contribution in [-0.2, 0) is 0 Å². The SMILES string of the molecule is O=c1[nH]c(O)c(C=Nc2ccc(N3CCNCC3)nc2)c2cc(-c3ccoc3)ccc12. The molecule has 1 aliphatic heterocycles. The van der Waals surface area contributed by atoms with Gasteiger partial charge < -0.3 is 19.7 Å². The van der Waals surface area contributed by atoms with Crippen LogP contribution in [0.2, 0.25) is 0 Å². The Kier molecular flexibility index (Phi) is 4.97. The number of rotatable bonds is 4. The topological polar surface area (TPSA) is 107 Å². The second-order valence-corrected chi connectivity index (χ2v) is 7.36. The number of piperazine rings is 1. The lowest BCUT2D eigenvalue weighted by Gasteiger charge is -2.28. The van der Waals surface area contributed by atoms with Crippen LogP contribution in [0.15, 0.2) is 69.3 Å². The van der Waals surface area contributed by atoms with E-state index in [0.29, 0.717) is 22.0 Å². The molecule has 0 saturated carbocycles. The third kappa shape index (κ3) is 3.80. The number of anilines is 1. The van der Waals surface area contributed by atoms with E-state index in [1.54, 1.807) is 31.0 Å². The van der Waals surface area contributed by atoms with E-state index < -0.39 is 0 Å². The van der Waals surface area contributed by atoms with E-state index in [2.05, 4.69) is 25.2 Å². The van der Waals surface area contributed by atoms with Crippen molar-refractivity contribution in [1.29, 1.82) is 0 Å². The van der Waals surface area contributed by atoms with Crippen molar-refractivity contribution in [3.63, 3.8) is 0 Å². The van der Waals surface area contributed by atoms with Gasteiger partial charge in [0.15, 0.2) is 0 Å². The zero-order valence-corrected chi connectivity index (χ0v) is 16.7. The smallest absolute Gasteiger partial charge is 0.258 e. The number of hydrogen-bond acceptors (Lipinski definition) is 7. The Morgan fingerprint density at radius 2 is 1.97 bits per heavy atom. The van der Waals surface area contributed by atoms with Gasteiger partial charge in [0, 0.05) is 48.7 Å². The minimum atomic E-state index is -0.356. The lowest BCUT2D eigenvalue weighted by atomic mass is 10.0. The van der Waals surface area contributed by atoms with Crippen molar-refractivity contribution < 1.29 is 9.52 Å². The molecule has 0 bridgehead atoms. The maximum Gasteiger partial charge on any atom is 0.258 e. The van der Waals surface area contributed by atoms with Crippen LogP contribution in [0.1, 0.15) is 5.56 Å². The van der Waals surface area contributed by atoms with Gasteiger partial charge in [0.2, 0.25) is 5.88 Å². The molecule has 0 aliphatic carbocycles. The van der Waals surface area contributed by atoms with Gasteiger partial charge in [-0.05, 0) is 35.9 Å². The number of nitrogens with zero attached hydrogens (tertiary/aromatic N) is 3. The third-order valence-corrected chi connectivity index (χ3v) is 5.41. The molecular formula is C23H21N5O3. The Bertz CT molecular complexity index is 1290. The second kappa shape index (κ2) is 8.08. The van der Waals surface area contributed by atoms with E-state index in [4.69, 9.17) is 4.42 Å². The first-order chi connectivity index (χ1) is 15.2. The van der Waals surface area contributed by atoms with E-state index in [9.17, 15) is 9.90 Å². The normalized spacial score (nSPS) is 14.5. The maximum atomic E-state index is 12.3. The van der Waals surface area contributed by atoms with E-state index in [1.165, 1.54) is 0 Å². The quantitative estimate of drug-likeness (QED) is 0.442. The number of pyridine rings is 2. The lowest BCUT2D eigenvalue weighted by Crippen LogP contribution is -2.43. The first kappa shape index (κ1) is 19.1. The van der Waals surface area contributed by atoms with Crippen molar-refractivity contribution >= 4 is 28.5 Å². The summed E-state index contributed by atoms with van der Waals surface area (Å²) in [4.78, 5) is 26.0. The molecule has 0 spiro atoms. The fraction of sp³-hybridized carbons (Fsp3) is 0.174. The summed E-state index contributed by atoms with van der Waals surface area (Å²) in [5.41, 5.74) is 2.50. The Morgan fingerprint density at radius 3 is 2.71 bits per heavy atom. The van der Waals surface area contributed by atoms with Crippen LogP contribution >= 0.6 is 0 Å². The number of aliphatic imine (C=N–C) groups is 1. The van der Waals surface area contributed by atoms with Crippen LogP contribution < -0.4 is 15.8 Å². The van der Waals surface area contributed by atoms with Crippen molar-refractivity contribution in [2.75, 3.05) is 31.1 Å². The molecule has 156 valence electrons. The fourth-order valence-electron chi connectivity index (χ4n) is 3.75. The van der Waals surface area contributed by atoms with Gasteiger partial charge in [-0.3, -0.25) is 14.8 Å². The third-order valence-electron chi connectivity index (χ3n) is 5.41. The van der Waals surface area contributed by atoms with Crippen LogP contribution in [0.3, 0.4) is 0 Å². The van der Waals surface area contributed by atoms with Crippen LogP contribution in [0, 0.1) is 0 Å². The summed E-state index contributed by atoms with van der Waals surface area (Å²) >= 11 is 0. The van der Waals surface area contributed by atoms with E-state index in [-0.39, 0.29) is 11.4 Å². The minimum absolute atomic E-state index is 0.226. The predicted octanol–water partition coefficient (Wildman–Crippen LogP) is 3.05. The molecule has 0 amide bonds. The average molecular weight is 415 g/mol. The van der Waals surface area contributed by atoms with Gasteiger partial charge in [0.1, 0.15) is 5.82 Å². The van der Waals surface area contributed by atoms with Gasteiger partial charge in [0.25, 0.3) is 5.56 Å². The molecule has 4 heterocycles. The zero-order valence-electron chi connectivity index (χ0n) is 16.7. The van der Waals surface area contributed by atoms with Crippen molar-refractivity contribution in [1.82, 2.24) is 15.3 Å². The van der Waals surface area contributed by atoms with Crippen molar-refractivity contribution in [3.8, 4) is 17.0 Å². The Labute approximate surface area is 177 Å². The number of hydrogen-bond donors (Lipinski definition) is 3. The van der Waals surface area contributed by atoms with Crippen molar-refractivity contribution in [3.05, 3.63) is 71.0 Å². The minimum Gasteiger partial charge on any atom is -0.494 e. The zero-order chi connectivity index (χ0) is 21.2. The van der Waals surface area contributed by atoms with Gasteiger partial charge in [-0.25, -0.2) is 4.98 Å². The van der Waals surface area contributed by atoms with Gasteiger partial charge in [-0.2, -0.15) is 0 Å². The highest BCUT2D eigenvalue weighted by atomic mass is 16.3. The number of aromatic hydroxyl groups is 1. The largest absolute Gasteiger partial charge is 0.494 e. The predicted molar refractivity (Wildman–Crippen MR) is 121 cm³/mol. The van der Waals surface area contributed by atoms with Crippen LogP contribution in [-0.4, -0.2) is 47.5 Å². The van der Waals surface area contributed by atoms with Crippen molar-refractivity contribution in [2.45, 2.75) is 0 Å². The molecule has 1 aliphatic rings. The summed E-state index contributed by atoms with van der Waals surface area (Å²) in [6.45, 7) is 3.74. The molecule has 8 heteroatoms. The summed E-state index contributed by atoms with van der Waals surface area (Å²) in [6.07, 6.45) is 6.48. The molecule has 3 aromatic heterocycles. The Hall–Kier alpha value is -3.91. The van der Waals surface area contributed by atoms with Gasteiger partial charge in [0.05, 0.1) is 30.0 Å². The maximum absolute atomic E-state index is 12.3. The number of H-pyrrole nitrogens is 1. The highest BCUT2D eigenvalue weighted by Crippen LogP contribution is 2.28. The highest BCUT2D eigenvalue weighted by Gasteiger charge is 2.13. The summed E-state index contributed by atoms with van der Waals surface area (Å²) < 4.78 is 5.16. The van der Waals surface area contributed by atoms with Crippen LogP contribution in [0.25, 0.3) is 21.9 Å². The van der Waals surface area contributed by atoms with Gasteiger partial charge >= 0.3 is 0 Å². The number of aromatic nitrogens is 2. The first-order valence-corrected chi connectivity index (χ1v) is 10.1. The molecule has 1 aromatic carbocycles. The lowest BCUT2D eigenvalue weighted by molar-refractivity contribution is 0.452.